The number of nitrogens with zero attached hydrogens (tertiary/aromatic N) is 4. The van der Waals surface area contributed by atoms with E-state index in [1.807, 2.05) is 24.3 Å². The lowest BCUT2D eigenvalue weighted by Crippen LogP contribution is -2.36. The zero-order valence-corrected chi connectivity index (χ0v) is 17.9. The number of pyridine rings is 1. The molecule has 0 amide bonds. The third-order valence-electron chi connectivity index (χ3n) is 4.79. The normalized spacial score (nSPS) is 12.4. The molecule has 0 unspecified atom stereocenters. The van der Waals surface area contributed by atoms with Crippen LogP contribution < -0.4 is 10.5 Å². The Morgan fingerprint density at radius 2 is 1.97 bits per heavy atom. The van der Waals surface area contributed by atoms with Crippen molar-refractivity contribution in [3.63, 3.8) is 0 Å². The number of nitrogen functional groups attached to an aromatic ring is 1. The van der Waals surface area contributed by atoms with Gasteiger partial charge in [0.25, 0.3) is 10.2 Å². The van der Waals surface area contributed by atoms with Crippen LogP contribution in [0.5, 0.6) is 0 Å². The molecular weight excluding hydrogens is 392 g/mol. The predicted molar refractivity (Wildman–Crippen MR) is 115 cm³/mol. The molecule has 0 aliphatic rings. The predicted octanol–water partition coefficient (Wildman–Crippen LogP) is 1.53. The first kappa shape index (κ1) is 21.4. The summed E-state index contributed by atoms with van der Waals surface area (Å²) in [7, 11) is 1.27. The van der Waals surface area contributed by atoms with Crippen LogP contribution in [0.15, 0.2) is 24.3 Å². The number of unbranched alkanes of at least 4 members (excludes halogenated alkanes) is 1. The zero-order valence-electron chi connectivity index (χ0n) is 17.1. The van der Waals surface area contributed by atoms with E-state index in [-0.39, 0.29) is 0 Å². The topological polar surface area (TPSA) is 115 Å². The second-order valence-electron chi connectivity index (χ2n) is 7.02. The van der Waals surface area contributed by atoms with Gasteiger partial charge in [-0.25, -0.2) is 14.7 Å². The molecule has 0 bridgehead atoms. The van der Waals surface area contributed by atoms with Crippen molar-refractivity contribution in [2.24, 2.45) is 0 Å². The Morgan fingerprint density at radius 1 is 1.21 bits per heavy atom. The summed E-state index contributed by atoms with van der Waals surface area (Å²) < 4.78 is 34.8. The number of hydrogen-bond donors (Lipinski definition) is 2. The Balaban J connectivity index is 1.86. The number of aryl methyl sites for hydroxylation is 1. The van der Waals surface area contributed by atoms with Gasteiger partial charge in [0.05, 0.1) is 17.6 Å². The number of ether oxygens (including phenoxy) is 1. The lowest BCUT2D eigenvalue weighted by atomic mass is 10.2. The van der Waals surface area contributed by atoms with Crippen molar-refractivity contribution in [1.29, 1.82) is 0 Å². The molecule has 10 heteroatoms. The quantitative estimate of drug-likeness (QED) is 0.481. The Kier molecular flexibility index (Phi) is 6.68. The summed E-state index contributed by atoms with van der Waals surface area (Å²) in [6.45, 7) is 1.63. The highest BCUT2D eigenvalue weighted by molar-refractivity contribution is 7.87. The summed E-state index contributed by atoms with van der Waals surface area (Å²) in [5.74, 6) is 1.30. The Morgan fingerprint density at radius 3 is 2.69 bits per heavy atom. The van der Waals surface area contributed by atoms with E-state index in [9.17, 15) is 8.42 Å². The number of anilines is 1. The highest BCUT2D eigenvalue weighted by Gasteiger charge is 2.17. The summed E-state index contributed by atoms with van der Waals surface area (Å²) in [6.07, 6.45) is 2.15. The highest BCUT2D eigenvalue weighted by atomic mass is 32.2. The second kappa shape index (κ2) is 9.04. The summed E-state index contributed by atoms with van der Waals surface area (Å²) in [4.78, 5) is 9.22. The number of benzene rings is 1. The largest absolute Gasteiger partial charge is 0.384 e. The molecular formula is C19H28N6O3S. The average Bonchev–Trinajstić information content (AvgIpc) is 3.05. The number of methoxy groups -OCH3 is 1. The molecule has 9 nitrogen and oxygen atoms in total. The maximum atomic E-state index is 11.8. The van der Waals surface area contributed by atoms with Crippen LogP contribution >= 0.6 is 0 Å². The third kappa shape index (κ3) is 4.67. The van der Waals surface area contributed by atoms with Gasteiger partial charge in [-0.3, -0.25) is 0 Å². The number of hydrogen-bond acceptors (Lipinski definition) is 6. The number of nitrogens with one attached hydrogen (secondary N) is 1. The molecule has 0 fully saturated rings. The minimum atomic E-state index is -3.40. The maximum absolute atomic E-state index is 11.8. The molecule has 0 saturated carbocycles. The Bertz CT molecular complexity index is 1090. The molecule has 2 heterocycles. The smallest absolute Gasteiger partial charge is 0.278 e. The van der Waals surface area contributed by atoms with Crippen molar-refractivity contribution < 1.29 is 13.2 Å². The lowest BCUT2D eigenvalue weighted by Gasteiger charge is -2.13. The molecule has 0 saturated heterocycles. The SMILES string of the molecule is COCCc1nc2c(N)nc3ccccc3c2n1CCCCNS(=O)(=O)N(C)C. The Hall–Kier alpha value is -2.27. The minimum absolute atomic E-state index is 0.380. The van der Waals surface area contributed by atoms with Crippen LogP contribution in [0.25, 0.3) is 21.9 Å². The number of rotatable bonds is 10. The van der Waals surface area contributed by atoms with E-state index < -0.39 is 10.2 Å². The molecule has 158 valence electrons. The van der Waals surface area contributed by atoms with E-state index in [0.29, 0.717) is 43.9 Å². The molecule has 3 rings (SSSR count). The van der Waals surface area contributed by atoms with Gasteiger partial charge in [-0.05, 0) is 18.9 Å². The van der Waals surface area contributed by atoms with Crippen LogP contribution in [0.1, 0.15) is 18.7 Å². The molecule has 0 atom stereocenters. The first-order chi connectivity index (χ1) is 13.8. The van der Waals surface area contributed by atoms with E-state index in [2.05, 4.69) is 14.3 Å². The molecule has 0 aliphatic heterocycles. The van der Waals surface area contributed by atoms with Crippen molar-refractivity contribution >= 4 is 38.0 Å². The summed E-state index contributed by atoms with van der Waals surface area (Å²) in [5.41, 5.74) is 8.68. The van der Waals surface area contributed by atoms with E-state index in [4.69, 9.17) is 15.5 Å². The third-order valence-corrected chi connectivity index (χ3v) is 6.32. The zero-order chi connectivity index (χ0) is 21.0. The van der Waals surface area contributed by atoms with Crippen LogP contribution in [-0.2, 0) is 27.9 Å². The summed E-state index contributed by atoms with van der Waals surface area (Å²) in [5, 5.41) is 1.00. The van der Waals surface area contributed by atoms with E-state index >= 15 is 0 Å². The summed E-state index contributed by atoms with van der Waals surface area (Å²) in [6, 6.07) is 7.87. The van der Waals surface area contributed by atoms with Gasteiger partial charge < -0.3 is 15.0 Å². The van der Waals surface area contributed by atoms with Crippen LogP contribution in [0.2, 0.25) is 0 Å². The monoisotopic (exact) mass is 420 g/mol. The van der Waals surface area contributed by atoms with Crippen molar-refractivity contribution in [2.45, 2.75) is 25.8 Å². The van der Waals surface area contributed by atoms with Gasteiger partial charge in [-0.15, -0.1) is 0 Å². The fraction of sp³-hybridized carbons (Fsp3) is 0.474. The average molecular weight is 421 g/mol. The fourth-order valence-electron chi connectivity index (χ4n) is 3.26. The molecule has 1 aromatic carbocycles. The first-order valence-corrected chi connectivity index (χ1v) is 11.0. The van der Waals surface area contributed by atoms with Gasteiger partial charge >= 0.3 is 0 Å². The molecule has 0 aliphatic carbocycles. The van der Waals surface area contributed by atoms with Crippen LogP contribution in [0, 0.1) is 0 Å². The van der Waals surface area contributed by atoms with Gasteiger partial charge in [-0.2, -0.15) is 12.7 Å². The van der Waals surface area contributed by atoms with Crippen molar-refractivity contribution in [3.05, 3.63) is 30.1 Å². The second-order valence-corrected chi connectivity index (χ2v) is 8.99. The van der Waals surface area contributed by atoms with E-state index in [1.165, 1.54) is 18.4 Å². The van der Waals surface area contributed by atoms with E-state index in [0.717, 1.165) is 28.7 Å². The standard InChI is InChI=1S/C19H28N6O3S/c1-24(2)29(26,27)21-11-6-7-12-25-16(10-13-28-3)23-17-18(25)14-8-4-5-9-15(14)22-19(17)20/h4-5,8-9,21H,6-7,10-13H2,1-3H3,(H2,20,22). The first-order valence-electron chi connectivity index (χ1n) is 9.54. The number of nitrogens with two attached hydrogens (primary N) is 1. The maximum Gasteiger partial charge on any atom is 0.278 e. The van der Waals surface area contributed by atoms with Gasteiger partial charge in [0.2, 0.25) is 0 Å². The number of aromatic nitrogens is 3. The summed E-state index contributed by atoms with van der Waals surface area (Å²) >= 11 is 0. The van der Waals surface area contributed by atoms with Crippen LogP contribution in [0.4, 0.5) is 5.82 Å². The molecule has 0 spiro atoms. The van der Waals surface area contributed by atoms with E-state index in [1.54, 1.807) is 7.11 Å². The van der Waals surface area contributed by atoms with Crippen LogP contribution in [-0.4, -0.2) is 61.6 Å². The molecule has 29 heavy (non-hydrogen) atoms. The highest BCUT2D eigenvalue weighted by Crippen LogP contribution is 2.29. The molecule has 0 radical (unpaired) electrons. The number of imidazole rings is 1. The van der Waals surface area contributed by atoms with Crippen LogP contribution in [0.3, 0.4) is 0 Å². The van der Waals surface area contributed by atoms with Gasteiger partial charge in [-0.1, -0.05) is 18.2 Å². The van der Waals surface area contributed by atoms with Crippen molar-refractivity contribution in [3.8, 4) is 0 Å². The van der Waals surface area contributed by atoms with Gasteiger partial charge in [0, 0.05) is 46.1 Å². The fourth-order valence-corrected chi connectivity index (χ4v) is 3.92. The lowest BCUT2D eigenvalue weighted by molar-refractivity contribution is 0.199. The molecule has 3 aromatic rings. The van der Waals surface area contributed by atoms with Crippen molar-refractivity contribution in [2.75, 3.05) is 40.1 Å². The minimum Gasteiger partial charge on any atom is -0.384 e. The number of fused-ring (bicyclic) bond motifs is 3. The van der Waals surface area contributed by atoms with Gasteiger partial charge in [0.15, 0.2) is 5.82 Å². The number of para-hydroxylation sites is 1. The molecule has 2 aromatic heterocycles. The molecule has 3 N–H and O–H groups in total. The van der Waals surface area contributed by atoms with Crippen molar-refractivity contribution in [1.82, 2.24) is 23.6 Å². The Labute approximate surface area is 171 Å². The van der Waals surface area contributed by atoms with Gasteiger partial charge in [0.1, 0.15) is 11.3 Å².